The number of amides is 1. The van der Waals surface area contributed by atoms with Crippen molar-refractivity contribution in [2.45, 2.75) is 51.2 Å². The van der Waals surface area contributed by atoms with Crippen LogP contribution in [0.25, 0.3) is 0 Å². The highest BCUT2D eigenvalue weighted by Crippen LogP contribution is 2.27. The van der Waals surface area contributed by atoms with E-state index in [1.807, 2.05) is 30.3 Å². The highest BCUT2D eigenvalue weighted by molar-refractivity contribution is 5.80. The summed E-state index contributed by atoms with van der Waals surface area (Å²) in [5, 5.41) is 12.7. The first-order valence-corrected chi connectivity index (χ1v) is 7.25. The number of hydrogen-bond acceptors (Lipinski definition) is 2. The van der Waals surface area contributed by atoms with E-state index in [-0.39, 0.29) is 5.91 Å². The topological polar surface area (TPSA) is 49.3 Å². The fraction of sp³-hybridized carbons (Fsp3) is 0.562. The quantitative estimate of drug-likeness (QED) is 0.856. The lowest BCUT2D eigenvalue weighted by molar-refractivity contribution is -0.130. The molecule has 3 nitrogen and oxygen atoms in total. The van der Waals surface area contributed by atoms with Crippen molar-refractivity contribution in [3.05, 3.63) is 35.9 Å². The summed E-state index contributed by atoms with van der Waals surface area (Å²) in [6.45, 7) is 0.487. The number of aliphatic hydroxyl groups excluding tert-OH is 1. The first-order chi connectivity index (χ1) is 9.25. The first-order valence-electron chi connectivity index (χ1n) is 7.25. The Morgan fingerprint density at radius 1 is 1.21 bits per heavy atom. The zero-order chi connectivity index (χ0) is 13.5. The largest absolute Gasteiger partial charge is 0.383 e. The lowest BCUT2D eigenvalue weighted by Gasteiger charge is -2.23. The Morgan fingerprint density at radius 3 is 2.58 bits per heavy atom. The van der Waals surface area contributed by atoms with Gasteiger partial charge in [0.05, 0.1) is 0 Å². The number of aliphatic hydroxyl groups is 1. The normalized spacial score (nSPS) is 17.9. The molecule has 3 heteroatoms. The summed E-state index contributed by atoms with van der Waals surface area (Å²) >= 11 is 0. The van der Waals surface area contributed by atoms with Gasteiger partial charge in [-0.3, -0.25) is 4.79 Å². The van der Waals surface area contributed by atoms with Crippen LogP contribution in [0.15, 0.2) is 30.3 Å². The van der Waals surface area contributed by atoms with Crippen LogP contribution in [0.1, 0.15) is 44.1 Å². The van der Waals surface area contributed by atoms with Gasteiger partial charge in [0.15, 0.2) is 0 Å². The monoisotopic (exact) mass is 261 g/mol. The summed E-state index contributed by atoms with van der Waals surface area (Å²) in [5.41, 5.74) is 1.06. The van der Waals surface area contributed by atoms with Gasteiger partial charge in [-0.2, -0.15) is 0 Å². The van der Waals surface area contributed by atoms with Crippen molar-refractivity contribution in [3.63, 3.8) is 0 Å². The van der Waals surface area contributed by atoms with Gasteiger partial charge in [0.25, 0.3) is 0 Å². The molecule has 1 aromatic rings. The Hall–Kier alpha value is -1.35. The van der Waals surface area contributed by atoms with E-state index >= 15 is 0 Å². The number of rotatable bonds is 5. The van der Waals surface area contributed by atoms with Crippen LogP contribution in [0, 0.1) is 5.92 Å². The minimum atomic E-state index is -0.855. The second-order valence-electron chi connectivity index (χ2n) is 5.46. The highest BCUT2D eigenvalue weighted by Gasteiger charge is 2.21. The van der Waals surface area contributed by atoms with Gasteiger partial charge in [-0.05, 0) is 17.9 Å². The molecule has 2 rings (SSSR count). The van der Waals surface area contributed by atoms with Gasteiger partial charge >= 0.3 is 0 Å². The third-order valence-electron chi connectivity index (χ3n) is 3.89. The molecule has 0 unspecified atom stereocenters. The van der Waals surface area contributed by atoms with E-state index in [9.17, 15) is 9.90 Å². The predicted molar refractivity (Wildman–Crippen MR) is 75.5 cm³/mol. The molecule has 0 heterocycles. The predicted octanol–water partition coefficient (Wildman–Crippen LogP) is 2.63. The van der Waals surface area contributed by atoms with Gasteiger partial charge in [-0.15, -0.1) is 0 Å². The van der Waals surface area contributed by atoms with Crippen molar-refractivity contribution in [2.24, 2.45) is 5.92 Å². The van der Waals surface area contributed by atoms with Crippen LogP contribution in [0.5, 0.6) is 0 Å². The summed E-state index contributed by atoms with van der Waals surface area (Å²) in [6.07, 6.45) is 5.85. The third kappa shape index (κ3) is 4.67. The molecule has 1 atom stereocenters. The van der Waals surface area contributed by atoms with E-state index in [1.165, 1.54) is 19.3 Å². The third-order valence-corrected chi connectivity index (χ3v) is 3.89. The Labute approximate surface area is 115 Å². The van der Waals surface area contributed by atoms with Crippen LogP contribution in [-0.4, -0.2) is 17.1 Å². The first kappa shape index (κ1) is 14.1. The number of carbonyl (C=O) groups excluding carboxylic acids is 1. The molecule has 0 bridgehead atoms. The maximum Gasteiger partial charge on any atom is 0.249 e. The van der Waals surface area contributed by atoms with Crippen LogP contribution in [0.2, 0.25) is 0 Å². The minimum Gasteiger partial charge on any atom is -0.383 e. The molecule has 1 fully saturated rings. The van der Waals surface area contributed by atoms with Crippen molar-refractivity contribution in [3.8, 4) is 0 Å². The molecule has 1 aromatic carbocycles. The van der Waals surface area contributed by atoms with Crippen molar-refractivity contribution in [2.75, 3.05) is 0 Å². The van der Waals surface area contributed by atoms with Gasteiger partial charge in [0.1, 0.15) is 6.10 Å². The second-order valence-corrected chi connectivity index (χ2v) is 5.46. The molecule has 1 aliphatic carbocycles. The fourth-order valence-electron chi connectivity index (χ4n) is 2.75. The van der Waals surface area contributed by atoms with E-state index < -0.39 is 6.10 Å². The second kappa shape index (κ2) is 7.29. The fourth-order valence-corrected chi connectivity index (χ4v) is 2.75. The summed E-state index contributed by atoms with van der Waals surface area (Å²) in [4.78, 5) is 11.8. The lowest BCUT2D eigenvalue weighted by Crippen LogP contribution is -2.35. The molecular formula is C16H23NO2. The molecule has 0 radical (unpaired) electrons. The Balaban J connectivity index is 1.72. The summed E-state index contributed by atoms with van der Waals surface area (Å²) < 4.78 is 0. The van der Waals surface area contributed by atoms with Gasteiger partial charge in [-0.25, -0.2) is 0 Å². The average Bonchev–Trinajstić information content (AvgIpc) is 2.47. The maximum atomic E-state index is 11.8. The average molecular weight is 261 g/mol. The van der Waals surface area contributed by atoms with Crippen LogP contribution in [0.4, 0.5) is 0 Å². The van der Waals surface area contributed by atoms with Gasteiger partial charge < -0.3 is 10.4 Å². The summed E-state index contributed by atoms with van der Waals surface area (Å²) in [6, 6.07) is 9.77. The van der Waals surface area contributed by atoms with Crippen LogP contribution in [-0.2, 0) is 11.3 Å². The van der Waals surface area contributed by atoms with Gasteiger partial charge in [-0.1, -0.05) is 62.4 Å². The molecule has 0 saturated heterocycles. The zero-order valence-electron chi connectivity index (χ0n) is 11.3. The summed E-state index contributed by atoms with van der Waals surface area (Å²) in [5.74, 6) is 0.278. The van der Waals surface area contributed by atoms with Crippen molar-refractivity contribution in [1.29, 1.82) is 0 Å². The van der Waals surface area contributed by atoms with E-state index in [2.05, 4.69) is 5.32 Å². The number of nitrogens with one attached hydrogen (secondary N) is 1. The smallest absolute Gasteiger partial charge is 0.249 e. The molecule has 0 aliphatic heterocycles. The van der Waals surface area contributed by atoms with Crippen LogP contribution < -0.4 is 5.32 Å². The van der Waals surface area contributed by atoms with E-state index in [0.29, 0.717) is 18.9 Å². The Kier molecular flexibility index (Phi) is 5.40. The maximum absolute atomic E-state index is 11.8. The number of benzene rings is 1. The lowest BCUT2D eigenvalue weighted by atomic mass is 9.85. The Morgan fingerprint density at radius 2 is 1.89 bits per heavy atom. The van der Waals surface area contributed by atoms with E-state index in [0.717, 1.165) is 18.4 Å². The highest BCUT2D eigenvalue weighted by atomic mass is 16.3. The molecule has 1 amide bonds. The van der Waals surface area contributed by atoms with Gasteiger partial charge in [0, 0.05) is 6.54 Å². The molecule has 19 heavy (non-hydrogen) atoms. The number of hydrogen-bond donors (Lipinski definition) is 2. The molecule has 104 valence electrons. The van der Waals surface area contributed by atoms with Crippen molar-refractivity contribution < 1.29 is 9.90 Å². The van der Waals surface area contributed by atoms with Crippen LogP contribution >= 0.6 is 0 Å². The molecule has 1 saturated carbocycles. The Bertz CT molecular complexity index is 385. The van der Waals surface area contributed by atoms with E-state index in [4.69, 9.17) is 0 Å². The van der Waals surface area contributed by atoms with Crippen molar-refractivity contribution in [1.82, 2.24) is 5.32 Å². The van der Waals surface area contributed by atoms with Gasteiger partial charge in [0.2, 0.25) is 5.91 Å². The standard InChI is InChI=1S/C16H23NO2/c18-15(11-13-7-3-1-4-8-13)16(19)17-12-14-9-5-2-6-10-14/h2,5-6,9-10,13,15,18H,1,3-4,7-8,11-12H2,(H,17,19)/t15-/m1/s1. The molecule has 0 spiro atoms. The summed E-state index contributed by atoms with van der Waals surface area (Å²) in [7, 11) is 0. The molecular weight excluding hydrogens is 238 g/mol. The number of carbonyl (C=O) groups is 1. The zero-order valence-corrected chi connectivity index (χ0v) is 11.3. The van der Waals surface area contributed by atoms with E-state index in [1.54, 1.807) is 0 Å². The molecule has 0 aromatic heterocycles. The molecule has 1 aliphatic rings. The SMILES string of the molecule is O=C(NCc1ccccc1)[C@H](O)CC1CCCCC1. The van der Waals surface area contributed by atoms with Crippen LogP contribution in [0.3, 0.4) is 0 Å². The minimum absolute atomic E-state index is 0.241. The molecule has 2 N–H and O–H groups in total. The van der Waals surface area contributed by atoms with Crippen molar-refractivity contribution >= 4 is 5.91 Å².